The molecule has 114 valence electrons. The number of halogens is 3. The van der Waals surface area contributed by atoms with Crippen LogP contribution in [0.25, 0.3) is 5.69 Å². The van der Waals surface area contributed by atoms with E-state index in [4.69, 9.17) is 0 Å². The van der Waals surface area contributed by atoms with Crippen LogP contribution >= 0.6 is 0 Å². The molecule has 0 amide bonds. The second kappa shape index (κ2) is 5.43. The molecule has 10 heteroatoms. The zero-order valence-corrected chi connectivity index (χ0v) is 11.7. The third-order valence-electron chi connectivity index (χ3n) is 2.63. The van der Waals surface area contributed by atoms with E-state index >= 15 is 0 Å². The molecule has 1 aromatic carbocycles. The molecule has 0 unspecified atom stereocenters. The van der Waals surface area contributed by atoms with Gasteiger partial charge in [0, 0.05) is 0 Å². The van der Waals surface area contributed by atoms with Gasteiger partial charge in [0.25, 0.3) is 5.16 Å². The number of sulfone groups is 1. The standard InChI is InChI=1S/C11H11F3N4O2S/c1-2-7-21(19,20)10-15-16-17-18(10)9-5-3-8(4-6-9)11(12,13)14/h3-6H,2,7H2,1H3. The molecule has 0 radical (unpaired) electrons. The lowest BCUT2D eigenvalue weighted by molar-refractivity contribution is -0.137. The van der Waals surface area contributed by atoms with E-state index in [1.165, 1.54) is 0 Å². The van der Waals surface area contributed by atoms with Crippen LogP contribution in [0.3, 0.4) is 0 Å². The number of tetrazole rings is 1. The van der Waals surface area contributed by atoms with Gasteiger partial charge in [-0.1, -0.05) is 12.0 Å². The molecule has 0 spiro atoms. The van der Waals surface area contributed by atoms with Crippen LogP contribution < -0.4 is 0 Å². The number of hydrogen-bond donors (Lipinski definition) is 0. The Balaban J connectivity index is 2.43. The van der Waals surface area contributed by atoms with Gasteiger partial charge in [-0.2, -0.15) is 17.9 Å². The van der Waals surface area contributed by atoms with Crippen LogP contribution in [0.15, 0.2) is 29.4 Å². The van der Waals surface area contributed by atoms with Gasteiger partial charge in [0.15, 0.2) is 0 Å². The van der Waals surface area contributed by atoms with Gasteiger partial charge in [-0.25, -0.2) is 8.42 Å². The van der Waals surface area contributed by atoms with E-state index < -0.39 is 21.6 Å². The van der Waals surface area contributed by atoms with Crippen molar-refractivity contribution in [2.24, 2.45) is 0 Å². The van der Waals surface area contributed by atoms with Crippen molar-refractivity contribution < 1.29 is 21.6 Å². The normalized spacial score (nSPS) is 12.6. The lowest BCUT2D eigenvalue weighted by Gasteiger charge is -2.08. The molecule has 6 nitrogen and oxygen atoms in total. The summed E-state index contributed by atoms with van der Waals surface area (Å²) < 4.78 is 62.3. The van der Waals surface area contributed by atoms with Gasteiger partial charge in [-0.15, -0.1) is 0 Å². The topological polar surface area (TPSA) is 77.7 Å². The Kier molecular flexibility index (Phi) is 3.99. The summed E-state index contributed by atoms with van der Waals surface area (Å²) in [6, 6.07) is 3.91. The van der Waals surface area contributed by atoms with E-state index in [0.29, 0.717) is 6.42 Å². The highest BCUT2D eigenvalue weighted by Gasteiger charge is 2.30. The fraction of sp³-hybridized carbons (Fsp3) is 0.364. The fourth-order valence-electron chi connectivity index (χ4n) is 1.69. The molecule has 0 saturated carbocycles. The first-order valence-electron chi connectivity index (χ1n) is 5.94. The van der Waals surface area contributed by atoms with Gasteiger partial charge in [0.1, 0.15) is 0 Å². The fourth-order valence-corrected chi connectivity index (χ4v) is 2.97. The van der Waals surface area contributed by atoms with Gasteiger partial charge in [0.05, 0.1) is 17.0 Å². The maximum Gasteiger partial charge on any atom is 0.416 e. The van der Waals surface area contributed by atoms with Gasteiger partial charge in [-0.3, -0.25) is 0 Å². The number of aromatic nitrogens is 4. The van der Waals surface area contributed by atoms with Crippen LogP contribution in [0.5, 0.6) is 0 Å². The lowest BCUT2D eigenvalue weighted by atomic mass is 10.2. The molecule has 1 aromatic heterocycles. The van der Waals surface area contributed by atoms with E-state index in [9.17, 15) is 21.6 Å². The predicted octanol–water partition coefficient (Wildman–Crippen LogP) is 1.86. The highest BCUT2D eigenvalue weighted by Crippen LogP contribution is 2.29. The molecule has 0 aliphatic heterocycles. The van der Waals surface area contributed by atoms with Crippen molar-refractivity contribution in [1.29, 1.82) is 0 Å². The average molecular weight is 320 g/mol. The molecule has 1 heterocycles. The number of hydrogen-bond acceptors (Lipinski definition) is 5. The van der Waals surface area contributed by atoms with E-state index in [-0.39, 0.29) is 16.6 Å². The van der Waals surface area contributed by atoms with Crippen molar-refractivity contribution in [3.05, 3.63) is 29.8 Å². The second-order valence-electron chi connectivity index (χ2n) is 4.24. The smallest absolute Gasteiger partial charge is 0.220 e. The minimum Gasteiger partial charge on any atom is -0.220 e. The van der Waals surface area contributed by atoms with Gasteiger partial charge < -0.3 is 0 Å². The monoisotopic (exact) mass is 320 g/mol. The molecule has 21 heavy (non-hydrogen) atoms. The number of benzene rings is 1. The van der Waals surface area contributed by atoms with E-state index in [2.05, 4.69) is 15.5 Å². The van der Waals surface area contributed by atoms with Crippen LogP contribution in [-0.4, -0.2) is 34.4 Å². The minimum atomic E-state index is -4.46. The van der Waals surface area contributed by atoms with Gasteiger partial charge >= 0.3 is 6.18 Å². The highest BCUT2D eigenvalue weighted by atomic mass is 32.2. The summed E-state index contributed by atoms with van der Waals surface area (Å²) >= 11 is 0. The predicted molar refractivity (Wildman–Crippen MR) is 66.5 cm³/mol. The summed E-state index contributed by atoms with van der Waals surface area (Å²) in [7, 11) is -3.68. The Bertz CT molecular complexity index is 723. The van der Waals surface area contributed by atoms with Crippen molar-refractivity contribution in [2.75, 3.05) is 5.75 Å². The Morgan fingerprint density at radius 1 is 1.19 bits per heavy atom. The second-order valence-corrected chi connectivity index (χ2v) is 6.24. The zero-order chi connectivity index (χ0) is 15.7. The summed E-state index contributed by atoms with van der Waals surface area (Å²) in [5.41, 5.74) is -0.694. The summed E-state index contributed by atoms with van der Waals surface area (Å²) in [6.45, 7) is 1.68. The van der Waals surface area contributed by atoms with E-state index in [1.54, 1.807) is 6.92 Å². The summed E-state index contributed by atoms with van der Waals surface area (Å²) in [5.74, 6) is -0.145. The average Bonchev–Trinajstić information content (AvgIpc) is 2.88. The van der Waals surface area contributed by atoms with Crippen molar-refractivity contribution in [3.63, 3.8) is 0 Å². The van der Waals surface area contributed by atoms with Crippen LogP contribution in [-0.2, 0) is 16.0 Å². The Morgan fingerprint density at radius 3 is 2.33 bits per heavy atom. The molecule has 0 aliphatic carbocycles. The van der Waals surface area contributed by atoms with Crippen LogP contribution in [0, 0.1) is 0 Å². The van der Waals surface area contributed by atoms with E-state index in [1.807, 2.05) is 0 Å². The number of alkyl halides is 3. The molecule has 0 atom stereocenters. The third-order valence-corrected chi connectivity index (χ3v) is 4.39. The van der Waals surface area contributed by atoms with Crippen LogP contribution in [0.4, 0.5) is 13.2 Å². The Hall–Kier alpha value is -1.97. The van der Waals surface area contributed by atoms with Gasteiger partial charge in [0.2, 0.25) is 9.84 Å². The molecule has 0 bridgehead atoms. The zero-order valence-electron chi connectivity index (χ0n) is 10.9. The van der Waals surface area contributed by atoms with Crippen LogP contribution in [0.2, 0.25) is 0 Å². The number of nitrogens with zero attached hydrogens (tertiary/aromatic N) is 4. The Labute approximate surface area is 118 Å². The van der Waals surface area contributed by atoms with E-state index in [0.717, 1.165) is 28.9 Å². The third kappa shape index (κ3) is 3.20. The molecule has 0 saturated heterocycles. The summed E-state index contributed by atoms with van der Waals surface area (Å²) in [4.78, 5) is 0. The SMILES string of the molecule is CCCS(=O)(=O)c1nnnn1-c1ccc(C(F)(F)F)cc1. The molecular formula is C11H11F3N4O2S. The van der Waals surface area contributed by atoms with Gasteiger partial charge in [-0.05, 0) is 41.1 Å². The van der Waals surface area contributed by atoms with Crippen molar-refractivity contribution in [1.82, 2.24) is 20.2 Å². The first kappa shape index (κ1) is 15.4. The molecule has 0 aliphatic rings. The quantitative estimate of drug-likeness (QED) is 0.859. The molecule has 2 aromatic rings. The summed E-state index contributed by atoms with van der Waals surface area (Å²) in [6.07, 6.45) is -4.08. The minimum absolute atomic E-state index is 0.141. The first-order chi connectivity index (χ1) is 9.75. The molecule has 0 N–H and O–H groups in total. The van der Waals surface area contributed by atoms with Crippen LogP contribution in [0.1, 0.15) is 18.9 Å². The first-order valence-corrected chi connectivity index (χ1v) is 7.59. The maximum absolute atomic E-state index is 12.5. The van der Waals surface area contributed by atoms with Crippen molar-refractivity contribution in [2.45, 2.75) is 24.7 Å². The highest BCUT2D eigenvalue weighted by molar-refractivity contribution is 7.91. The number of rotatable bonds is 4. The summed E-state index contributed by atoms with van der Waals surface area (Å²) in [5, 5.41) is 9.86. The molecule has 0 fully saturated rings. The largest absolute Gasteiger partial charge is 0.416 e. The molecule has 2 rings (SSSR count). The van der Waals surface area contributed by atoms with Crippen molar-refractivity contribution >= 4 is 9.84 Å². The van der Waals surface area contributed by atoms with Crippen molar-refractivity contribution in [3.8, 4) is 5.69 Å². The lowest BCUT2D eigenvalue weighted by Crippen LogP contribution is -2.14. The Morgan fingerprint density at radius 2 is 1.81 bits per heavy atom. The maximum atomic E-state index is 12.5. The molecular weight excluding hydrogens is 309 g/mol.